The van der Waals surface area contributed by atoms with Crippen LogP contribution in [0.2, 0.25) is 0 Å². The molecule has 0 saturated carbocycles. The number of aryl methyl sites for hydroxylation is 1. The second kappa shape index (κ2) is 7.51. The van der Waals surface area contributed by atoms with Crippen molar-refractivity contribution in [2.24, 2.45) is 0 Å². The molecule has 0 bridgehead atoms. The molecule has 0 radical (unpaired) electrons. The lowest BCUT2D eigenvalue weighted by Crippen LogP contribution is -2.13. The van der Waals surface area contributed by atoms with E-state index in [9.17, 15) is 4.79 Å². The maximum absolute atomic E-state index is 12.5. The molecule has 0 amide bonds. The van der Waals surface area contributed by atoms with Crippen LogP contribution < -0.4 is 9.47 Å². The van der Waals surface area contributed by atoms with Crippen LogP contribution in [0.15, 0.2) is 36.9 Å². The number of hydrogen-bond donors (Lipinski definition) is 0. The molecule has 5 heteroatoms. The molecular weight excluding hydrogens is 304 g/mol. The Morgan fingerprint density at radius 1 is 1.33 bits per heavy atom. The number of rotatable bonds is 7. The number of Topliss-reactive ketones (excluding diaryl/α,β-unsaturated/α-hetero) is 1. The smallest absolute Gasteiger partial charge is 0.202 e. The molecule has 0 aliphatic heterocycles. The molecule has 1 heterocycles. The Bertz CT molecular complexity index is 813. The molecule has 0 saturated heterocycles. The van der Waals surface area contributed by atoms with Crippen LogP contribution in [0.5, 0.6) is 11.5 Å². The van der Waals surface area contributed by atoms with Gasteiger partial charge in [0, 0.05) is 29.6 Å². The van der Waals surface area contributed by atoms with Gasteiger partial charge in [-0.2, -0.15) is 5.26 Å². The van der Waals surface area contributed by atoms with E-state index in [0.29, 0.717) is 29.2 Å². The van der Waals surface area contributed by atoms with E-state index < -0.39 is 0 Å². The summed E-state index contributed by atoms with van der Waals surface area (Å²) in [7, 11) is 1.49. The normalized spacial score (nSPS) is 10.1. The van der Waals surface area contributed by atoms with E-state index in [0.717, 1.165) is 11.4 Å². The minimum Gasteiger partial charge on any atom is -0.493 e. The van der Waals surface area contributed by atoms with Gasteiger partial charge in [0.15, 0.2) is 18.1 Å². The fraction of sp³-hybridized carbons (Fsp3) is 0.263. The molecule has 124 valence electrons. The van der Waals surface area contributed by atoms with E-state index in [4.69, 9.17) is 14.7 Å². The Morgan fingerprint density at radius 2 is 2.08 bits per heavy atom. The second-order valence-electron chi connectivity index (χ2n) is 5.37. The molecular formula is C19H20N2O3. The van der Waals surface area contributed by atoms with Crippen molar-refractivity contribution in [3.8, 4) is 17.6 Å². The number of hydrogen-bond acceptors (Lipinski definition) is 4. The summed E-state index contributed by atoms with van der Waals surface area (Å²) < 4.78 is 12.8. The highest BCUT2D eigenvalue weighted by Crippen LogP contribution is 2.28. The molecule has 0 spiro atoms. The van der Waals surface area contributed by atoms with Gasteiger partial charge in [-0.05, 0) is 32.0 Å². The first-order chi connectivity index (χ1) is 11.5. The largest absolute Gasteiger partial charge is 0.493 e. The first kappa shape index (κ1) is 17.4. The Labute approximate surface area is 141 Å². The number of allylic oxidation sites excluding steroid dienone is 1. The highest BCUT2D eigenvalue weighted by Gasteiger charge is 2.16. The van der Waals surface area contributed by atoms with Gasteiger partial charge in [0.1, 0.15) is 0 Å². The lowest BCUT2D eigenvalue weighted by atomic mass is 10.1. The van der Waals surface area contributed by atoms with Crippen LogP contribution in [0.25, 0.3) is 0 Å². The van der Waals surface area contributed by atoms with Gasteiger partial charge in [0.25, 0.3) is 0 Å². The van der Waals surface area contributed by atoms with Crippen LogP contribution in [0.1, 0.15) is 27.3 Å². The second-order valence-corrected chi connectivity index (χ2v) is 5.37. The number of aromatic nitrogens is 1. The molecule has 5 nitrogen and oxygen atoms in total. The first-order valence-electron chi connectivity index (χ1n) is 7.53. The zero-order chi connectivity index (χ0) is 17.7. The molecule has 1 aromatic carbocycles. The number of ether oxygens (including phenoxy) is 2. The Balaban J connectivity index is 2.16. The van der Waals surface area contributed by atoms with E-state index in [1.165, 1.54) is 7.11 Å². The summed E-state index contributed by atoms with van der Waals surface area (Å²) in [5.74, 6) is 0.758. The van der Waals surface area contributed by atoms with Crippen molar-refractivity contribution in [2.45, 2.75) is 20.4 Å². The highest BCUT2D eigenvalue weighted by molar-refractivity contribution is 5.98. The van der Waals surface area contributed by atoms with E-state index in [-0.39, 0.29) is 12.4 Å². The fourth-order valence-electron chi connectivity index (χ4n) is 2.57. The lowest BCUT2D eigenvalue weighted by molar-refractivity contribution is 0.0918. The lowest BCUT2D eigenvalue weighted by Gasteiger charge is -2.10. The van der Waals surface area contributed by atoms with Crippen LogP contribution in [-0.2, 0) is 6.54 Å². The summed E-state index contributed by atoms with van der Waals surface area (Å²) in [5, 5.41) is 8.91. The number of carbonyl (C=O) groups excluding carboxylic acids is 1. The summed E-state index contributed by atoms with van der Waals surface area (Å²) >= 11 is 0. The third kappa shape index (κ3) is 3.49. The number of carbonyl (C=O) groups is 1. The molecule has 2 rings (SSSR count). The van der Waals surface area contributed by atoms with Crippen LogP contribution in [0.3, 0.4) is 0 Å². The molecule has 0 unspecified atom stereocenters. The van der Waals surface area contributed by atoms with Gasteiger partial charge in [-0.15, -0.1) is 6.58 Å². The SMILES string of the molecule is C=CCn1c(C)cc(C(=O)COc2ccc(C#N)cc2OC)c1C. The summed E-state index contributed by atoms with van der Waals surface area (Å²) in [6, 6.07) is 8.73. The fourth-order valence-corrected chi connectivity index (χ4v) is 2.57. The maximum Gasteiger partial charge on any atom is 0.202 e. The van der Waals surface area contributed by atoms with Gasteiger partial charge in [0.05, 0.1) is 18.7 Å². The third-order valence-electron chi connectivity index (χ3n) is 3.84. The molecule has 1 aromatic heterocycles. The standard InChI is InChI=1S/C19H20N2O3/c1-5-8-21-13(2)9-16(14(21)3)17(22)12-24-18-7-6-15(11-20)10-19(18)23-4/h5-7,9-10H,1,8,12H2,2-4H3. The van der Waals surface area contributed by atoms with Gasteiger partial charge in [-0.3, -0.25) is 4.79 Å². The van der Waals surface area contributed by atoms with Crippen LogP contribution >= 0.6 is 0 Å². The van der Waals surface area contributed by atoms with Crippen LogP contribution in [-0.4, -0.2) is 24.1 Å². The number of nitrogens with zero attached hydrogens (tertiary/aromatic N) is 2. The minimum absolute atomic E-state index is 0.0966. The van der Waals surface area contributed by atoms with Gasteiger partial charge in [0.2, 0.25) is 5.78 Å². The zero-order valence-electron chi connectivity index (χ0n) is 14.1. The Kier molecular flexibility index (Phi) is 5.43. The summed E-state index contributed by atoms with van der Waals surface area (Å²) in [5.41, 5.74) is 3.01. The third-order valence-corrected chi connectivity index (χ3v) is 3.84. The minimum atomic E-state index is -0.107. The first-order valence-corrected chi connectivity index (χ1v) is 7.53. The Hall–Kier alpha value is -3.00. The summed E-state index contributed by atoms with van der Waals surface area (Å²) in [6.07, 6.45) is 1.80. The van der Waals surface area contributed by atoms with Gasteiger partial charge in [-0.25, -0.2) is 0 Å². The van der Waals surface area contributed by atoms with Crippen molar-refractivity contribution in [1.82, 2.24) is 4.57 Å². The summed E-state index contributed by atoms with van der Waals surface area (Å²) in [6.45, 7) is 8.16. The predicted molar refractivity (Wildman–Crippen MR) is 91.6 cm³/mol. The molecule has 0 aliphatic rings. The predicted octanol–water partition coefficient (Wildman–Crippen LogP) is 3.43. The zero-order valence-corrected chi connectivity index (χ0v) is 14.1. The van der Waals surface area contributed by atoms with E-state index >= 15 is 0 Å². The molecule has 24 heavy (non-hydrogen) atoms. The maximum atomic E-state index is 12.5. The van der Waals surface area contributed by atoms with Crippen LogP contribution in [0.4, 0.5) is 0 Å². The highest BCUT2D eigenvalue weighted by atomic mass is 16.5. The van der Waals surface area contributed by atoms with E-state index in [2.05, 4.69) is 6.58 Å². The Morgan fingerprint density at radius 3 is 2.71 bits per heavy atom. The number of nitriles is 1. The van der Waals surface area contributed by atoms with E-state index in [1.54, 1.807) is 24.3 Å². The molecule has 0 atom stereocenters. The van der Waals surface area contributed by atoms with Crippen molar-refractivity contribution in [3.63, 3.8) is 0 Å². The molecule has 0 fully saturated rings. The van der Waals surface area contributed by atoms with Crippen molar-refractivity contribution in [2.75, 3.05) is 13.7 Å². The van der Waals surface area contributed by atoms with Crippen molar-refractivity contribution >= 4 is 5.78 Å². The van der Waals surface area contributed by atoms with Crippen molar-refractivity contribution < 1.29 is 14.3 Å². The van der Waals surface area contributed by atoms with Gasteiger partial charge >= 0.3 is 0 Å². The quantitative estimate of drug-likeness (QED) is 0.578. The average Bonchev–Trinajstić information content (AvgIpc) is 2.88. The number of benzene rings is 1. The van der Waals surface area contributed by atoms with Crippen molar-refractivity contribution in [3.05, 3.63) is 59.4 Å². The van der Waals surface area contributed by atoms with Crippen LogP contribution in [0, 0.1) is 25.2 Å². The molecule has 0 N–H and O–H groups in total. The molecule has 2 aromatic rings. The van der Waals surface area contributed by atoms with Crippen molar-refractivity contribution in [1.29, 1.82) is 5.26 Å². The average molecular weight is 324 g/mol. The summed E-state index contributed by atoms with van der Waals surface area (Å²) in [4.78, 5) is 12.5. The van der Waals surface area contributed by atoms with E-state index in [1.807, 2.05) is 30.6 Å². The van der Waals surface area contributed by atoms with Gasteiger partial charge in [-0.1, -0.05) is 6.08 Å². The number of ketones is 1. The monoisotopic (exact) mass is 324 g/mol. The molecule has 0 aliphatic carbocycles. The topological polar surface area (TPSA) is 64.2 Å². The van der Waals surface area contributed by atoms with Gasteiger partial charge < -0.3 is 14.0 Å². The number of methoxy groups -OCH3 is 1.